The smallest absolute Gasteiger partial charge is 0.277 e. The number of phenolic OH excluding ortho intramolecular Hbond substituents is 1. The Morgan fingerprint density at radius 3 is 2.55 bits per heavy atom. The number of nitrogens with zero attached hydrogens (tertiary/aromatic N) is 3. The number of phenols is 1. The van der Waals surface area contributed by atoms with Gasteiger partial charge in [0.25, 0.3) is 5.91 Å². The van der Waals surface area contributed by atoms with Crippen LogP contribution < -0.4 is 5.32 Å². The third kappa shape index (κ3) is 4.28. The highest BCUT2D eigenvalue weighted by Crippen LogP contribution is 2.28. The molecule has 2 heterocycles. The molecule has 2 N–H and O–H groups in total. The standard InChI is InChI=1S/C22H18Cl2N4O3/c1-12-21(13(2)28(26-12)11-16-17(23)7-4-8-18(16)24)25-22(30)19-10-20(31-27-19)14-5-3-6-15(29)9-14/h3-10,29H,11H2,1-2H3,(H,25,30). The van der Waals surface area contributed by atoms with Crippen molar-refractivity contribution in [2.75, 3.05) is 5.32 Å². The van der Waals surface area contributed by atoms with Gasteiger partial charge in [-0.05, 0) is 38.1 Å². The minimum Gasteiger partial charge on any atom is -0.508 e. The molecule has 7 nitrogen and oxygen atoms in total. The lowest BCUT2D eigenvalue weighted by atomic mass is 10.1. The molecule has 0 aliphatic heterocycles. The van der Waals surface area contributed by atoms with Gasteiger partial charge in [-0.3, -0.25) is 9.48 Å². The lowest BCUT2D eigenvalue weighted by molar-refractivity contribution is 0.101. The summed E-state index contributed by atoms with van der Waals surface area (Å²) in [4.78, 5) is 12.7. The zero-order valence-electron chi connectivity index (χ0n) is 16.7. The highest BCUT2D eigenvalue weighted by molar-refractivity contribution is 6.36. The number of amides is 1. The Hall–Kier alpha value is -3.29. The number of halogens is 2. The van der Waals surface area contributed by atoms with E-state index in [9.17, 15) is 9.90 Å². The Morgan fingerprint density at radius 2 is 1.84 bits per heavy atom. The molecule has 0 bridgehead atoms. The van der Waals surface area contributed by atoms with E-state index in [2.05, 4.69) is 15.6 Å². The number of anilines is 1. The van der Waals surface area contributed by atoms with Crippen LogP contribution >= 0.6 is 23.2 Å². The number of hydrogen-bond acceptors (Lipinski definition) is 5. The Morgan fingerprint density at radius 1 is 1.13 bits per heavy atom. The number of hydrogen-bond donors (Lipinski definition) is 2. The van der Waals surface area contributed by atoms with Gasteiger partial charge in [-0.15, -0.1) is 0 Å². The van der Waals surface area contributed by atoms with Crippen LogP contribution in [0.15, 0.2) is 53.1 Å². The Bertz CT molecular complexity index is 1260. The van der Waals surface area contributed by atoms with Gasteiger partial charge in [-0.25, -0.2) is 0 Å². The van der Waals surface area contributed by atoms with E-state index in [0.29, 0.717) is 39.3 Å². The number of aryl methyl sites for hydroxylation is 1. The highest BCUT2D eigenvalue weighted by atomic mass is 35.5. The number of benzene rings is 2. The summed E-state index contributed by atoms with van der Waals surface area (Å²) in [5.74, 6) is 0.0346. The molecule has 0 spiro atoms. The second-order valence-corrected chi connectivity index (χ2v) is 7.80. The molecule has 0 unspecified atom stereocenters. The van der Waals surface area contributed by atoms with Crippen LogP contribution in [0.3, 0.4) is 0 Å². The molecule has 0 radical (unpaired) electrons. The first-order valence-electron chi connectivity index (χ1n) is 9.38. The maximum absolute atomic E-state index is 12.7. The third-order valence-electron chi connectivity index (χ3n) is 4.86. The van der Waals surface area contributed by atoms with Crippen molar-refractivity contribution in [3.63, 3.8) is 0 Å². The van der Waals surface area contributed by atoms with Crippen molar-refractivity contribution in [3.8, 4) is 17.1 Å². The fraction of sp³-hybridized carbons (Fsp3) is 0.136. The monoisotopic (exact) mass is 456 g/mol. The van der Waals surface area contributed by atoms with Crippen molar-refractivity contribution in [2.45, 2.75) is 20.4 Å². The quantitative estimate of drug-likeness (QED) is 0.415. The summed E-state index contributed by atoms with van der Waals surface area (Å²) < 4.78 is 7.00. The van der Waals surface area contributed by atoms with Crippen LogP contribution in [0.2, 0.25) is 10.0 Å². The van der Waals surface area contributed by atoms with E-state index in [-0.39, 0.29) is 11.4 Å². The van der Waals surface area contributed by atoms with Crippen LogP contribution in [-0.4, -0.2) is 26.0 Å². The fourth-order valence-electron chi connectivity index (χ4n) is 3.22. The van der Waals surface area contributed by atoms with Gasteiger partial charge in [-0.1, -0.05) is 46.6 Å². The summed E-state index contributed by atoms with van der Waals surface area (Å²) in [5, 5.41) is 21.9. The highest BCUT2D eigenvalue weighted by Gasteiger charge is 2.19. The van der Waals surface area contributed by atoms with Crippen molar-refractivity contribution in [3.05, 3.63) is 81.2 Å². The lowest BCUT2D eigenvalue weighted by Crippen LogP contribution is -2.13. The van der Waals surface area contributed by atoms with Gasteiger partial charge >= 0.3 is 0 Å². The molecule has 1 amide bonds. The van der Waals surface area contributed by atoms with Crippen LogP contribution in [0.4, 0.5) is 5.69 Å². The number of rotatable bonds is 5. The molecule has 0 aliphatic carbocycles. The fourth-order valence-corrected chi connectivity index (χ4v) is 3.74. The van der Waals surface area contributed by atoms with E-state index < -0.39 is 5.91 Å². The summed E-state index contributed by atoms with van der Waals surface area (Å²) in [5.41, 5.74) is 3.45. The SMILES string of the molecule is Cc1nn(Cc2c(Cl)cccc2Cl)c(C)c1NC(=O)c1cc(-c2cccc(O)c2)on1. The first kappa shape index (κ1) is 21.0. The maximum Gasteiger partial charge on any atom is 0.277 e. The van der Waals surface area contributed by atoms with Crippen molar-refractivity contribution in [1.29, 1.82) is 0 Å². The predicted molar refractivity (Wildman–Crippen MR) is 119 cm³/mol. The number of aromatic nitrogens is 3. The Balaban J connectivity index is 1.56. The summed E-state index contributed by atoms with van der Waals surface area (Å²) in [6, 6.07) is 13.3. The molecule has 0 saturated carbocycles. The minimum atomic E-state index is -0.434. The molecule has 2 aromatic carbocycles. The molecule has 158 valence electrons. The van der Waals surface area contributed by atoms with Crippen molar-refractivity contribution in [2.24, 2.45) is 0 Å². The molecule has 0 fully saturated rings. The minimum absolute atomic E-state index is 0.0946. The third-order valence-corrected chi connectivity index (χ3v) is 5.57. The second kappa shape index (κ2) is 8.45. The lowest BCUT2D eigenvalue weighted by Gasteiger charge is -2.09. The van der Waals surface area contributed by atoms with Crippen LogP contribution in [0, 0.1) is 13.8 Å². The summed E-state index contributed by atoms with van der Waals surface area (Å²) in [6.07, 6.45) is 0. The first-order chi connectivity index (χ1) is 14.8. The van der Waals surface area contributed by atoms with E-state index >= 15 is 0 Å². The van der Waals surface area contributed by atoms with Gasteiger partial charge in [0.15, 0.2) is 11.5 Å². The van der Waals surface area contributed by atoms with Crippen LogP contribution in [-0.2, 0) is 6.54 Å². The number of carbonyl (C=O) groups excluding carboxylic acids is 1. The molecule has 0 aliphatic rings. The second-order valence-electron chi connectivity index (χ2n) is 6.98. The number of aromatic hydroxyl groups is 1. The molecule has 2 aromatic heterocycles. The van der Waals surface area contributed by atoms with Gasteiger partial charge < -0.3 is 14.9 Å². The normalized spacial score (nSPS) is 11.0. The summed E-state index contributed by atoms with van der Waals surface area (Å²) in [7, 11) is 0. The Kier molecular flexibility index (Phi) is 5.71. The van der Waals surface area contributed by atoms with Crippen LogP contribution in [0.1, 0.15) is 27.4 Å². The predicted octanol–water partition coefficient (Wildman–Crippen LogP) is 5.47. The average molecular weight is 457 g/mol. The van der Waals surface area contributed by atoms with E-state index in [1.165, 1.54) is 12.1 Å². The van der Waals surface area contributed by atoms with Crippen molar-refractivity contribution in [1.82, 2.24) is 14.9 Å². The van der Waals surface area contributed by atoms with E-state index in [1.807, 2.05) is 6.92 Å². The zero-order valence-corrected chi connectivity index (χ0v) is 18.2. The average Bonchev–Trinajstić information content (AvgIpc) is 3.32. The molecule has 0 saturated heterocycles. The first-order valence-corrected chi connectivity index (χ1v) is 10.1. The van der Waals surface area contributed by atoms with Gasteiger partial charge in [0.2, 0.25) is 0 Å². The molecular weight excluding hydrogens is 439 g/mol. The van der Waals surface area contributed by atoms with E-state index in [1.54, 1.807) is 48.0 Å². The van der Waals surface area contributed by atoms with Gasteiger partial charge in [0.05, 0.1) is 23.6 Å². The van der Waals surface area contributed by atoms with Crippen molar-refractivity contribution >= 4 is 34.8 Å². The topological polar surface area (TPSA) is 93.2 Å². The largest absolute Gasteiger partial charge is 0.508 e. The summed E-state index contributed by atoms with van der Waals surface area (Å²) >= 11 is 12.6. The molecule has 9 heteroatoms. The van der Waals surface area contributed by atoms with Gasteiger partial charge in [0.1, 0.15) is 5.75 Å². The Labute approximate surface area is 188 Å². The molecular formula is C22H18Cl2N4O3. The van der Waals surface area contributed by atoms with Crippen LogP contribution in [0.25, 0.3) is 11.3 Å². The summed E-state index contributed by atoms with van der Waals surface area (Å²) in [6.45, 7) is 4.02. The molecule has 4 rings (SSSR count). The van der Waals surface area contributed by atoms with E-state index in [0.717, 1.165) is 11.3 Å². The number of nitrogens with one attached hydrogen (secondary N) is 1. The van der Waals surface area contributed by atoms with Crippen molar-refractivity contribution < 1.29 is 14.4 Å². The van der Waals surface area contributed by atoms with E-state index in [4.69, 9.17) is 27.7 Å². The maximum atomic E-state index is 12.7. The van der Waals surface area contributed by atoms with Gasteiger partial charge in [0, 0.05) is 27.2 Å². The number of carbonyl (C=O) groups is 1. The molecule has 0 atom stereocenters. The van der Waals surface area contributed by atoms with Gasteiger partial charge in [-0.2, -0.15) is 5.10 Å². The molecule has 31 heavy (non-hydrogen) atoms. The van der Waals surface area contributed by atoms with Crippen LogP contribution in [0.5, 0.6) is 5.75 Å². The molecule has 4 aromatic rings. The zero-order chi connectivity index (χ0) is 22.1.